The van der Waals surface area contributed by atoms with Crippen LogP contribution in [0, 0.1) is 0 Å². The van der Waals surface area contributed by atoms with Crippen molar-refractivity contribution in [2.24, 2.45) is 4.99 Å². The van der Waals surface area contributed by atoms with Crippen LogP contribution < -0.4 is 0 Å². The SMILES string of the molecule is Oc1ccccc1C=NCCc1ccccn1.Oc1ccccc1O.[O]=[V]. The monoisotopic (exact) mass is 403 g/mol. The van der Waals surface area contributed by atoms with E-state index in [0.29, 0.717) is 6.54 Å². The van der Waals surface area contributed by atoms with Crippen molar-refractivity contribution in [3.05, 3.63) is 84.2 Å². The van der Waals surface area contributed by atoms with Crippen LogP contribution in [0.3, 0.4) is 0 Å². The van der Waals surface area contributed by atoms with E-state index in [2.05, 4.69) is 9.98 Å². The summed E-state index contributed by atoms with van der Waals surface area (Å²) < 4.78 is 8.19. The molecule has 0 saturated heterocycles. The third-order valence-electron chi connectivity index (χ3n) is 3.27. The summed E-state index contributed by atoms with van der Waals surface area (Å²) in [7, 11) is 0. The first-order chi connectivity index (χ1) is 13.2. The van der Waals surface area contributed by atoms with Gasteiger partial charge in [-0.25, -0.2) is 0 Å². The zero-order chi connectivity index (χ0) is 19.9. The van der Waals surface area contributed by atoms with E-state index in [1.165, 1.54) is 12.1 Å². The van der Waals surface area contributed by atoms with Crippen molar-refractivity contribution in [1.82, 2.24) is 4.98 Å². The minimum absolute atomic E-state index is 0.0764. The van der Waals surface area contributed by atoms with Gasteiger partial charge in [-0.3, -0.25) is 9.98 Å². The van der Waals surface area contributed by atoms with Crippen LogP contribution in [-0.2, 0) is 27.5 Å². The third kappa shape index (κ3) is 8.81. The van der Waals surface area contributed by atoms with E-state index in [1.54, 1.807) is 36.7 Å². The van der Waals surface area contributed by atoms with Gasteiger partial charge in [0, 0.05) is 36.6 Å². The first-order valence-electron chi connectivity index (χ1n) is 8.00. The van der Waals surface area contributed by atoms with Crippen molar-refractivity contribution in [2.45, 2.75) is 6.42 Å². The van der Waals surface area contributed by atoms with Crippen molar-refractivity contribution in [3.8, 4) is 17.2 Å². The number of phenols is 3. The molecule has 27 heavy (non-hydrogen) atoms. The number of hydrogen-bond acceptors (Lipinski definition) is 6. The second-order valence-electron chi connectivity index (χ2n) is 5.15. The number of hydrogen-bond donors (Lipinski definition) is 3. The molecule has 1 aromatic heterocycles. The van der Waals surface area contributed by atoms with Crippen molar-refractivity contribution < 1.29 is 36.4 Å². The molecule has 0 fully saturated rings. The van der Waals surface area contributed by atoms with Crippen LogP contribution in [0.25, 0.3) is 0 Å². The van der Waals surface area contributed by atoms with Gasteiger partial charge < -0.3 is 15.3 Å². The molecule has 0 bridgehead atoms. The molecule has 6 nitrogen and oxygen atoms in total. The average Bonchev–Trinajstić information content (AvgIpc) is 2.72. The quantitative estimate of drug-likeness (QED) is 0.458. The summed E-state index contributed by atoms with van der Waals surface area (Å²) in [5, 5.41) is 26.9. The van der Waals surface area contributed by atoms with Gasteiger partial charge in [0.25, 0.3) is 0 Å². The van der Waals surface area contributed by atoms with Crippen molar-refractivity contribution in [1.29, 1.82) is 0 Å². The molecular weight excluding hydrogens is 383 g/mol. The van der Waals surface area contributed by atoms with Gasteiger partial charge in [-0.1, -0.05) is 30.3 Å². The van der Waals surface area contributed by atoms with Crippen LogP contribution in [0.4, 0.5) is 0 Å². The van der Waals surface area contributed by atoms with Crippen LogP contribution in [-0.4, -0.2) is 33.1 Å². The van der Waals surface area contributed by atoms with Crippen molar-refractivity contribution in [2.75, 3.05) is 6.54 Å². The summed E-state index contributed by atoms with van der Waals surface area (Å²) in [6.45, 7) is 0.672. The predicted octanol–water partition coefficient (Wildman–Crippen LogP) is 3.43. The van der Waals surface area contributed by atoms with Gasteiger partial charge in [0.15, 0.2) is 11.5 Å². The fourth-order valence-electron chi connectivity index (χ4n) is 1.95. The molecule has 0 radical (unpaired) electrons. The zero-order valence-corrected chi connectivity index (χ0v) is 15.9. The Kier molecular flexibility index (Phi) is 10.9. The van der Waals surface area contributed by atoms with Gasteiger partial charge >= 0.3 is 21.0 Å². The second kappa shape index (κ2) is 13.3. The number of aromatic nitrogens is 1. The minimum atomic E-state index is -0.0764. The van der Waals surface area contributed by atoms with Crippen molar-refractivity contribution in [3.63, 3.8) is 0 Å². The van der Waals surface area contributed by atoms with E-state index < -0.39 is 0 Å². The fraction of sp³-hybridized carbons (Fsp3) is 0.100. The second-order valence-corrected chi connectivity index (χ2v) is 5.15. The molecule has 0 amide bonds. The number of benzene rings is 2. The molecule has 3 N–H and O–H groups in total. The van der Waals surface area contributed by atoms with Crippen LogP contribution in [0.2, 0.25) is 0 Å². The summed E-state index contributed by atoms with van der Waals surface area (Å²) in [6.07, 6.45) is 4.28. The van der Waals surface area contributed by atoms with E-state index >= 15 is 0 Å². The molecule has 0 unspecified atom stereocenters. The summed E-state index contributed by atoms with van der Waals surface area (Å²) >= 11 is 1.06. The van der Waals surface area contributed by atoms with Gasteiger partial charge in [0.1, 0.15) is 5.75 Å². The van der Waals surface area contributed by atoms with Crippen LogP contribution >= 0.6 is 0 Å². The summed E-state index contributed by atoms with van der Waals surface area (Å²) in [4.78, 5) is 8.49. The van der Waals surface area contributed by atoms with Crippen LogP contribution in [0.15, 0.2) is 77.9 Å². The molecule has 3 rings (SSSR count). The number of aromatic hydroxyl groups is 3. The molecule has 1 heterocycles. The summed E-state index contributed by atoms with van der Waals surface area (Å²) in [5.41, 5.74) is 1.77. The Hall–Kier alpha value is -2.96. The van der Waals surface area contributed by atoms with Gasteiger partial charge in [-0.05, 0) is 36.4 Å². The molecule has 0 aliphatic carbocycles. The van der Waals surface area contributed by atoms with Gasteiger partial charge in [0.05, 0.1) is 0 Å². The Morgan fingerprint density at radius 1 is 0.815 bits per heavy atom. The van der Waals surface area contributed by atoms with E-state index in [1.807, 2.05) is 30.3 Å². The fourth-order valence-corrected chi connectivity index (χ4v) is 1.95. The predicted molar refractivity (Wildman–Crippen MR) is 99.0 cm³/mol. The Morgan fingerprint density at radius 2 is 1.37 bits per heavy atom. The topological polar surface area (TPSA) is 103 Å². The molecule has 0 saturated carbocycles. The molecule has 0 aliphatic heterocycles. The first kappa shape index (κ1) is 22.1. The number of para-hydroxylation sites is 3. The number of phenolic OH excluding ortho intramolecular Hbond substituents is 3. The Morgan fingerprint density at radius 3 is 1.89 bits per heavy atom. The van der Waals surface area contributed by atoms with Crippen LogP contribution in [0.1, 0.15) is 11.3 Å². The molecule has 3 aromatic rings. The zero-order valence-electron chi connectivity index (χ0n) is 14.5. The first-order valence-corrected chi connectivity index (χ1v) is 8.57. The molecule has 7 heteroatoms. The molecule has 0 atom stereocenters. The van der Waals surface area contributed by atoms with Crippen LogP contribution in [0.5, 0.6) is 17.2 Å². The maximum absolute atomic E-state index is 9.52. The van der Waals surface area contributed by atoms with Gasteiger partial charge in [-0.2, -0.15) is 0 Å². The normalized spacial score (nSPS) is 9.59. The summed E-state index contributed by atoms with van der Waals surface area (Å²) in [5.74, 6) is 0.106. The molecule has 139 valence electrons. The molecular formula is C20H20N2O4V. The van der Waals surface area contributed by atoms with E-state index in [-0.39, 0.29) is 17.2 Å². The number of rotatable bonds is 4. The van der Waals surface area contributed by atoms with Gasteiger partial charge in [-0.15, -0.1) is 0 Å². The number of nitrogens with zero attached hydrogens (tertiary/aromatic N) is 2. The summed E-state index contributed by atoms with van der Waals surface area (Å²) in [6, 6.07) is 19.1. The number of pyridine rings is 1. The molecule has 2 aromatic carbocycles. The molecule has 0 spiro atoms. The maximum atomic E-state index is 9.52. The standard InChI is InChI=1S/C14H14N2O.C6H6O2.O.V/c17-14-7-2-1-5-12(14)11-15-10-8-13-6-3-4-9-16-13;7-5-3-1-2-4-6(5)8;;/h1-7,9,11,17H,8,10H2;1-4,7-8H;;. The Labute approximate surface area is 167 Å². The van der Waals surface area contributed by atoms with E-state index in [4.69, 9.17) is 13.9 Å². The molecule has 0 aliphatic rings. The third-order valence-corrected chi connectivity index (χ3v) is 3.27. The van der Waals surface area contributed by atoms with E-state index in [0.717, 1.165) is 35.0 Å². The van der Waals surface area contributed by atoms with Crippen molar-refractivity contribution >= 4 is 6.21 Å². The Bertz CT molecular complexity index is 808. The number of aliphatic imine (C=N–C) groups is 1. The van der Waals surface area contributed by atoms with Gasteiger partial charge in [0.2, 0.25) is 0 Å². The average molecular weight is 403 g/mol. The Balaban J connectivity index is 0.000000305. The van der Waals surface area contributed by atoms with E-state index in [9.17, 15) is 5.11 Å².